The molecule has 0 spiro atoms. The van der Waals surface area contributed by atoms with Crippen LogP contribution in [0, 0.1) is 0 Å². The topological polar surface area (TPSA) is 29.1 Å². The summed E-state index contributed by atoms with van der Waals surface area (Å²) in [6, 6.07) is 0. The number of nitrogens with one attached hydrogen (secondary N) is 1. The monoisotopic (exact) mass is 357 g/mol. The molecule has 0 heterocycles. The maximum atomic E-state index is 11.2. The largest absolute Gasteiger partial charge is 0.356 e. The molecule has 1 amide bonds. The van der Waals surface area contributed by atoms with E-state index in [4.69, 9.17) is 0 Å². The fourth-order valence-electron chi connectivity index (χ4n) is 3.09. The van der Waals surface area contributed by atoms with Gasteiger partial charge in [-0.1, -0.05) is 103 Å². The van der Waals surface area contributed by atoms with Crippen molar-refractivity contribution in [3.05, 3.63) is 0 Å². The van der Waals surface area contributed by atoms with Gasteiger partial charge in [0.2, 0.25) is 5.91 Å². The second-order valence-corrected chi connectivity index (χ2v) is 7.57. The Labute approximate surface area is 157 Å². The number of carbonyl (C=O) groups is 1. The Morgan fingerprint density at radius 3 is 1.42 bits per heavy atom. The quantitative estimate of drug-likeness (QED) is 0.196. The van der Waals surface area contributed by atoms with Crippen LogP contribution in [0.4, 0.5) is 0 Å². The third-order valence-corrected chi connectivity index (χ3v) is 4.91. The number of unbranched alkanes of at least 4 members (excludes halogenated alkanes) is 15. The minimum Gasteiger partial charge on any atom is -0.356 e. The molecule has 0 rings (SSSR count). The lowest BCUT2D eigenvalue weighted by molar-refractivity contribution is -0.120. The molecule has 24 heavy (non-hydrogen) atoms. The van der Waals surface area contributed by atoms with E-state index in [1.54, 1.807) is 0 Å². The van der Waals surface area contributed by atoms with Gasteiger partial charge in [-0.2, -0.15) is 12.6 Å². The van der Waals surface area contributed by atoms with Crippen LogP contribution >= 0.6 is 12.6 Å². The lowest BCUT2D eigenvalue weighted by atomic mass is 10.0. The van der Waals surface area contributed by atoms with Crippen LogP contribution in [0.15, 0.2) is 0 Å². The predicted octanol–water partition coefficient (Wildman–Crippen LogP) is 6.68. The van der Waals surface area contributed by atoms with Crippen LogP contribution in [0.1, 0.15) is 116 Å². The summed E-state index contributed by atoms with van der Waals surface area (Å²) < 4.78 is 0. The van der Waals surface area contributed by atoms with E-state index in [1.807, 2.05) is 0 Å². The average molecular weight is 358 g/mol. The van der Waals surface area contributed by atoms with E-state index in [-0.39, 0.29) is 5.91 Å². The molecule has 0 bridgehead atoms. The summed E-state index contributed by atoms with van der Waals surface area (Å²) in [5.74, 6) is 0.788. The highest BCUT2D eigenvalue weighted by Gasteiger charge is 1.98. The summed E-state index contributed by atoms with van der Waals surface area (Å²) in [4.78, 5) is 11.2. The van der Waals surface area contributed by atoms with E-state index in [0.717, 1.165) is 13.0 Å². The molecular formula is C21H43NOS. The lowest BCUT2D eigenvalue weighted by Crippen LogP contribution is -2.24. The van der Waals surface area contributed by atoms with Gasteiger partial charge in [-0.25, -0.2) is 0 Å². The normalized spacial score (nSPS) is 10.9. The number of thiol groups is 1. The van der Waals surface area contributed by atoms with Crippen LogP contribution in [0.3, 0.4) is 0 Å². The second kappa shape index (κ2) is 20.9. The van der Waals surface area contributed by atoms with Gasteiger partial charge in [0, 0.05) is 13.0 Å². The number of carbonyl (C=O) groups excluding carboxylic acids is 1. The van der Waals surface area contributed by atoms with E-state index in [2.05, 4.69) is 24.9 Å². The van der Waals surface area contributed by atoms with Crippen LogP contribution in [-0.4, -0.2) is 18.2 Å². The standard InChI is InChI=1S/C21H43NOS/c1-2-3-4-5-6-7-8-9-10-11-12-13-14-15-16-17-19-22-21(23)18-20-24/h24H,2-20H2,1H3,(H,22,23). The van der Waals surface area contributed by atoms with Gasteiger partial charge < -0.3 is 5.32 Å². The average Bonchev–Trinajstić information content (AvgIpc) is 2.58. The van der Waals surface area contributed by atoms with E-state index in [1.165, 1.54) is 96.3 Å². The van der Waals surface area contributed by atoms with Crippen molar-refractivity contribution in [1.82, 2.24) is 5.32 Å². The summed E-state index contributed by atoms with van der Waals surface area (Å²) in [6.07, 6.45) is 22.7. The first-order valence-corrected chi connectivity index (χ1v) is 11.3. The van der Waals surface area contributed by atoms with Crippen molar-refractivity contribution in [1.29, 1.82) is 0 Å². The van der Waals surface area contributed by atoms with Crippen LogP contribution < -0.4 is 5.32 Å². The lowest BCUT2D eigenvalue weighted by Gasteiger charge is -2.05. The van der Waals surface area contributed by atoms with Gasteiger partial charge in [0.1, 0.15) is 0 Å². The Hall–Kier alpha value is -0.180. The zero-order valence-corrected chi connectivity index (χ0v) is 17.2. The molecule has 144 valence electrons. The molecular weight excluding hydrogens is 314 g/mol. The first-order valence-electron chi connectivity index (χ1n) is 10.7. The SMILES string of the molecule is CCCCCCCCCCCCCCCCCCNC(=O)CCS. The Morgan fingerprint density at radius 2 is 1.04 bits per heavy atom. The Kier molecular flexibility index (Phi) is 20.7. The molecule has 0 saturated carbocycles. The summed E-state index contributed by atoms with van der Waals surface area (Å²) in [7, 11) is 0. The van der Waals surface area contributed by atoms with Crippen molar-refractivity contribution in [2.45, 2.75) is 116 Å². The van der Waals surface area contributed by atoms with Crippen molar-refractivity contribution >= 4 is 18.5 Å². The van der Waals surface area contributed by atoms with Gasteiger partial charge in [0.15, 0.2) is 0 Å². The Morgan fingerprint density at radius 1 is 0.667 bits per heavy atom. The Bertz CT molecular complexity index is 258. The van der Waals surface area contributed by atoms with Crippen molar-refractivity contribution in [3.8, 4) is 0 Å². The van der Waals surface area contributed by atoms with Gasteiger partial charge in [-0.05, 0) is 12.2 Å². The molecule has 0 unspecified atom stereocenters. The maximum absolute atomic E-state index is 11.2. The van der Waals surface area contributed by atoms with Crippen LogP contribution in [-0.2, 0) is 4.79 Å². The van der Waals surface area contributed by atoms with E-state index in [0.29, 0.717) is 12.2 Å². The molecule has 0 saturated heterocycles. The molecule has 0 aliphatic rings. The highest BCUT2D eigenvalue weighted by molar-refractivity contribution is 7.80. The van der Waals surface area contributed by atoms with Gasteiger partial charge in [0.25, 0.3) is 0 Å². The molecule has 3 heteroatoms. The molecule has 1 N–H and O–H groups in total. The smallest absolute Gasteiger partial charge is 0.220 e. The molecule has 0 aromatic rings. The highest BCUT2D eigenvalue weighted by atomic mass is 32.1. The Balaban J connectivity index is 3.01. The van der Waals surface area contributed by atoms with Crippen molar-refractivity contribution in [3.63, 3.8) is 0 Å². The van der Waals surface area contributed by atoms with Gasteiger partial charge in [-0.15, -0.1) is 0 Å². The number of amides is 1. The molecule has 0 aromatic carbocycles. The van der Waals surface area contributed by atoms with Crippen molar-refractivity contribution in [2.24, 2.45) is 0 Å². The minimum atomic E-state index is 0.144. The van der Waals surface area contributed by atoms with Crippen molar-refractivity contribution < 1.29 is 4.79 Å². The van der Waals surface area contributed by atoms with Gasteiger partial charge >= 0.3 is 0 Å². The fraction of sp³-hybridized carbons (Fsp3) is 0.952. The zero-order chi connectivity index (χ0) is 17.7. The molecule has 0 aliphatic carbocycles. The number of rotatable bonds is 19. The summed E-state index contributed by atoms with van der Waals surface area (Å²) in [5.41, 5.74) is 0. The fourth-order valence-corrected chi connectivity index (χ4v) is 3.29. The van der Waals surface area contributed by atoms with Crippen LogP contribution in [0.2, 0.25) is 0 Å². The molecule has 0 aromatic heterocycles. The van der Waals surface area contributed by atoms with E-state index in [9.17, 15) is 4.79 Å². The number of hydrogen-bond acceptors (Lipinski definition) is 2. The summed E-state index contributed by atoms with van der Waals surface area (Å²) in [5, 5.41) is 2.95. The zero-order valence-electron chi connectivity index (χ0n) is 16.3. The summed E-state index contributed by atoms with van der Waals surface area (Å²) in [6.45, 7) is 3.12. The van der Waals surface area contributed by atoms with E-state index < -0.39 is 0 Å². The van der Waals surface area contributed by atoms with E-state index >= 15 is 0 Å². The molecule has 0 aliphatic heterocycles. The minimum absolute atomic E-state index is 0.144. The van der Waals surface area contributed by atoms with Gasteiger partial charge in [-0.3, -0.25) is 4.79 Å². The predicted molar refractivity (Wildman–Crippen MR) is 111 cm³/mol. The number of hydrogen-bond donors (Lipinski definition) is 2. The van der Waals surface area contributed by atoms with Gasteiger partial charge in [0.05, 0.1) is 0 Å². The third kappa shape index (κ3) is 19.9. The molecule has 0 radical (unpaired) electrons. The van der Waals surface area contributed by atoms with Crippen molar-refractivity contribution in [2.75, 3.05) is 12.3 Å². The molecule has 2 nitrogen and oxygen atoms in total. The highest BCUT2D eigenvalue weighted by Crippen LogP contribution is 2.13. The second-order valence-electron chi connectivity index (χ2n) is 7.13. The van der Waals surface area contributed by atoms with Crippen LogP contribution in [0.25, 0.3) is 0 Å². The molecule has 0 atom stereocenters. The maximum Gasteiger partial charge on any atom is 0.220 e. The van der Waals surface area contributed by atoms with Crippen LogP contribution in [0.5, 0.6) is 0 Å². The first-order chi connectivity index (χ1) is 11.8. The first kappa shape index (κ1) is 23.8. The summed E-state index contributed by atoms with van der Waals surface area (Å²) >= 11 is 4.06. The molecule has 0 fully saturated rings. The third-order valence-electron chi connectivity index (χ3n) is 4.69.